The van der Waals surface area contributed by atoms with Crippen molar-refractivity contribution >= 4 is 23.3 Å². The Morgan fingerprint density at radius 1 is 0.906 bits per heavy atom. The Morgan fingerprint density at radius 2 is 1.62 bits per heavy atom. The Balaban J connectivity index is 1.35. The fourth-order valence-electron chi connectivity index (χ4n) is 4.05. The van der Waals surface area contributed by atoms with Crippen molar-refractivity contribution in [3.05, 3.63) is 95.6 Å². The van der Waals surface area contributed by atoms with Crippen molar-refractivity contribution < 1.29 is 9.59 Å². The molecule has 0 saturated heterocycles. The molecule has 0 aromatic heterocycles. The first kappa shape index (κ1) is 21.6. The van der Waals surface area contributed by atoms with Gasteiger partial charge in [-0.15, -0.1) is 0 Å². The molecule has 5 nitrogen and oxygen atoms in total. The fraction of sp³-hybridized carbons (Fsp3) is 0.259. The summed E-state index contributed by atoms with van der Waals surface area (Å²) in [7, 11) is 0. The van der Waals surface area contributed by atoms with Crippen LogP contribution < -0.4 is 15.5 Å². The number of aryl methyl sites for hydroxylation is 1. The summed E-state index contributed by atoms with van der Waals surface area (Å²) >= 11 is 0. The number of para-hydroxylation sites is 1. The molecule has 0 bridgehead atoms. The topological polar surface area (TPSA) is 61.4 Å². The van der Waals surface area contributed by atoms with E-state index in [0.717, 1.165) is 24.9 Å². The number of amides is 3. The first-order chi connectivity index (χ1) is 15.6. The summed E-state index contributed by atoms with van der Waals surface area (Å²) in [5.74, 6) is 0.113. The number of fused-ring (bicyclic) bond motifs is 1. The second-order valence-corrected chi connectivity index (χ2v) is 8.27. The average Bonchev–Trinajstić information content (AvgIpc) is 3.06. The lowest BCUT2D eigenvalue weighted by Gasteiger charge is -2.23. The number of hydrogen-bond acceptors (Lipinski definition) is 2. The van der Waals surface area contributed by atoms with Crippen molar-refractivity contribution in [3.63, 3.8) is 0 Å². The lowest BCUT2D eigenvalue weighted by atomic mass is 10.0. The summed E-state index contributed by atoms with van der Waals surface area (Å²) in [6.45, 7) is 3.36. The molecule has 32 heavy (non-hydrogen) atoms. The van der Waals surface area contributed by atoms with Crippen LogP contribution in [0.25, 0.3) is 0 Å². The number of benzene rings is 3. The minimum atomic E-state index is -0.145. The molecule has 3 aromatic rings. The van der Waals surface area contributed by atoms with E-state index in [4.69, 9.17) is 0 Å². The zero-order valence-corrected chi connectivity index (χ0v) is 18.4. The van der Waals surface area contributed by atoms with Crippen LogP contribution in [-0.4, -0.2) is 25.0 Å². The van der Waals surface area contributed by atoms with Crippen LogP contribution in [0.2, 0.25) is 0 Å². The smallest absolute Gasteiger partial charge is 0.326 e. The Labute approximate surface area is 189 Å². The van der Waals surface area contributed by atoms with E-state index in [2.05, 4.69) is 35.8 Å². The molecule has 3 aromatic carbocycles. The summed E-state index contributed by atoms with van der Waals surface area (Å²) in [5.41, 5.74) is 4.62. The number of nitrogens with one attached hydrogen (secondary N) is 2. The summed E-state index contributed by atoms with van der Waals surface area (Å²) in [4.78, 5) is 27.3. The number of nitrogens with zero attached hydrogens (tertiary/aromatic N) is 1. The van der Waals surface area contributed by atoms with Crippen LogP contribution in [0, 0.1) is 0 Å². The van der Waals surface area contributed by atoms with E-state index in [1.165, 1.54) is 11.1 Å². The van der Waals surface area contributed by atoms with Gasteiger partial charge in [-0.25, -0.2) is 4.79 Å². The number of rotatable bonds is 5. The van der Waals surface area contributed by atoms with Gasteiger partial charge in [-0.2, -0.15) is 0 Å². The van der Waals surface area contributed by atoms with Gasteiger partial charge in [0.05, 0.1) is 0 Å². The summed E-state index contributed by atoms with van der Waals surface area (Å²) < 4.78 is 0. The number of carbonyl (C=O) groups is 2. The molecule has 2 N–H and O–H groups in total. The highest BCUT2D eigenvalue weighted by atomic mass is 16.2. The molecule has 4 rings (SSSR count). The van der Waals surface area contributed by atoms with Gasteiger partial charge >= 0.3 is 6.03 Å². The Morgan fingerprint density at radius 3 is 2.41 bits per heavy atom. The summed E-state index contributed by atoms with van der Waals surface area (Å²) in [6.07, 6.45) is 3.04. The van der Waals surface area contributed by atoms with Crippen LogP contribution in [0.5, 0.6) is 0 Å². The lowest BCUT2D eigenvalue weighted by molar-refractivity contribution is 0.0951. The number of urea groups is 1. The van der Waals surface area contributed by atoms with E-state index >= 15 is 0 Å². The van der Waals surface area contributed by atoms with Crippen LogP contribution in [-0.2, 0) is 6.42 Å². The van der Waals surface area contributed by atoms with Crippen molar-refractivity contribution in [3.8, 4) is 0 Å². The highest BCUT2D eigenvalue weighted by Crippen LogP contribution is 2.26. The Kier molecular flexibility index (Phi) is 6.85. The van der Waals surface area contributed by atoms with E-state index in [0.29, 0.717) is 24.3 Å². The second-order valence-electron chi connectivity index (χ2n) is 8.27. The number of anilines is 2. The average molecular weight is 428 g/mol. The molecule has 1 aliphatic rings. The third-order valence-electron chi connectivity index (χ3n) is 5.94. The molecule has 1 unspecified atom stereocenters. The van der Waals surface area contributed by atoms with E-state index < -0.39 is 0 Å². The van der Waals surface area contributed by atoms with Gasteiger partial charge in [0.1, 0.15) is 0 Å². The monoisotopic (exact) mass is 427 g/mol. The number of carbonyl (C=O) groups excluding carboxylic acids is 2. The predicted octanol–water partition coefficient (Wildman–Crippen LogP) is 5.59. The molecule has 5 heteroatoms. The quantitative estimate of drug-likeness (QED) is 0.557. The maximum atomic E-state index is 12.9. The van der Waals surface area contributed by atoms with Crippen LogP contribution in [0.4, 0.5) is 16.2 Å². The van der Waals surface area contributed by atoms with E-state index in [-0.39, 0.29) is 17.9 Å². The molecule has 0 radical (unpaired) electrons. The number of hydrogen-bond donors (Lipinski definition) is 2. The molecule has 0 aliphatic carbocycles. The normalized spacial score (nSPS) is 14.1. The highest BCUT2D eigenvalue weighted by Gasteiger charge is 2.21. The minimum Gasteiger partial charge on any atom is -0.351 e. The first-order valence-corrected chi connectivity index (χ1v) is 11.2. The summed E-state index contributed by atoms with van der Waals surface area (Å²) in [5, 5.41) is 5.97. The van der Waals surface area contributed by atoms with Crippen LogP contribution in [0.3, 0.4) is 0 Å². The van der Waals surface area contributed by atoms with Crippen LogP contribution in [0.1, 0.15) is 47.2 Å². The largest absolute Gasteiger partial charge is 0.351 e. The predicted molar refractivity (Wildman–Crippen MR) is 129 cm³/mol. The first-order valence-electron chi connectivity index (χ1n) is 11.2. The Bertz CT molecular complexity index is 1060. The molecular weight excluding hydrogens is 398 g/mol. The van der Waals surface area contributed by atoms with Gasteiger partial charge in [0.2, 0.25) is 0 Å². The van der Waals surface area contributed by atoms with Gasteiger partial charge in [0.25, 0.3) is 5.91 Å². The van der Waals surface area contributed by atoms with Gasteiger partial charge in [0, 0.05) is 30.0 Å². The highest BCUT2D eigenvalue weighted by molar-refractivity contribution is 6.02. The standard InChI is InChI=1S/C27H29N3O2/c1-20(21-9-3-2-4-10-21)19-28-26(31)23-14-16-24(17-15-23)29-27(32)30-18-8-7-12-22-11-5-6-13-25(22)30/h2-6,9-11,13-17,20H,7-8,12,18-19H2,1H3,(H,28,31)(H,29,32). The van der Waals surface area contributed by atoms with Gasteiger partial charge in [-0.1, -0.05) is 55.5 Å². The third-order valence-corrected chi connectivity index (χ3v) is 5.94. The van der Waals surface area contributed by atoms with Gasteiger partial charge in [-0.3, -0.25) is 9.69 Å². The van der Waals surface area contributed by atoms with Crippen LogP contribution >= 0.6 is 0 Å². The molecule has 0 fully saturated rings. The third kappa shape index (κ3) is 5.17. The molecule has 1 aliphatic heterocycles. The Hall–Kier alpha value is -3.60. The maximum absolute atomic E-state index is 12.9. The van der Waals surface area contributed by atoms with Crippen molar-refractivity contribution in [2.24, 2.45) is 0 Å². The minimum absolute atomic E-state index is 0.118. The van der Waals surface area contributed by atoms with Gasteiger partial charge < -0.3 is 10.6 Å². The maximum Gasteiger partial charge on any atom is 0.326 e. The van der Waals surface area contributed by atoms with Crippen molar-refractivity contribution in [1.29, 1.82) is 0 Å². The van der Waals surface area contributed by atoms with Gasteiger partial charge in [0.15, 0.2) is 0 Å². The zero-order valence-electron chi connectivity index (χ0n) is 18.4. The molecule has 3 amide bonds. The summed E-state index contributed by atoms with van der Waals surface area (Å²) in [6, 6.07) is 25.1. The molecule has 1 atom stereocenters. The SMILES string of the molecule is CC(CNC(=O)c1ccc(NC(=O)N2CCCCc3ccccc32)cc1)c1ccccc1. The van der Waals surface area contributed by atoms with E-state index in [1.54, 1.807) is 24.3 Å². The molecule has 0 saturated carbocycles. The molecule has 1 heterocycles. The second kappa shape index (κ2) is 10.1. The van der Waals surface area contributed by atoms with Gasteiger partial charge in [-0.05, 0) is 66.6 Å². The van der Waals surface area contributed by atoms with E-state index in [9.17, 15) is 9.59 Å². The lowest BCUT2D eigenvalue weighted by Crippen LogP contribution is -2.35. The molecule has 0 spiro atoms. The fourth-order valence-corrected chi connectivity index (χ4v) is 4.05. The van der Waals surface area contributed by atoms with Crippen molar-refractivity contribution in [1.82, 2.24) is 5.32 Å². The zero-order chi connectivity index (χ0) is 22.3. The van der Waals surface area contributed by atoms with Crippen molar-refractivity contribution in [2.75, 3.05) is 23.3 Å². The molecular formula is C27H29N3O2. The van der Waals surface area contributed by atoms with E-state index in [1.807, 2.05) is 41.3 Å². The molecule has 164 valence electrons. The van der Waals surface area contributed by atoms with Crippen molar-refractivity contribution in [2.45, 2.75) is 32.1 Å². The van der Waals surface area contributed by atoms with Crippen LogP contribution in [0.15, 0.2) is 78.9 Å².